The summed E-state index contributed by atoms with van der Waals surface area (Å²) < 4.78 is 24.3. The van der Waals surface area contributed by atoms with E-state index in [2.05, 4.69) is 4.98 Å². The van der Waals surface area contributed by atoms with E-state index in [1.807, 2.05) is 0 Å². The Kier molecular flexibility index (Phi) is 2.41. The van der Waals surface area contributed by atoms with Crippen LogP contribution in [0.4, 0.5) is 14.5 Å². The van der Waals surface area contributed by atoms with E-state index in [-0.39, 0.29) is 0 Å². The summed E-state index contributed by atoms with van der Waals surface area (Å²) in [6.45, 7) is 0. The minimum atomic E-state index is -2.79. The molecule has 1 heterocycles. The van der Waals surface area contributed by atoms with E-state index in [0.717, 1.165) is 12.3 Å². The molecule has 0 aliphatic heterocycles. The molecule has 1 aromatic heterocycles. The molecule has 0 saturated heterocycles. The molecule has 0 radical (unpaired) electrons. The van der Waals surface area contributed by atoms with Crippen LogP contribution < -0.4 is 5.73 Å². The van der Waals surface area contributed by atoms with Crippen LogP contribution in [-0.2, 0) is 0 Å². The SMILES string of the molecule is Nc1c(C(F)F)ccnc1C(=O)O. The molecule has 1 aromatic rings. The molecular weight excluding hydrogens is 182 g/mol. The predicted octanol–water partition coefficient (Wildman–Crippen LogP) is 1.30. The van der Waals surface area contributed by atoms with Gasteiger partial charge in [0.15, 0.2) is 5.69 Å². The van der Waals surface area contributed by atoms with Gasteiger partial charge in [0.25, 0.3) is 6.43 Å². The zero-order valence-corrected chi connectivity index (χ0v) is 6.37. The standard InChI is InChI=1S/C7H6F2N2O2/c8-6(9)3-1-2-11-5(4(3)10)7(12)13/h1-2,6H,10H2,(H,12,13). The highest BCUT2D eigenvalue weighted by Crippen LogP contribution is 2.25. The zero-order chi connectivity index (χ0) is 10.0. The van der Waals surface area contributed by atoms with Gasteiger partial charge < -0.3 is 10.8 Å². The summed E-state index contributed by atoms with van der Waals surface area (Å²) in [6, 6.07) is 0.992. The Morgan fingerprint density at radius 3 is 2.69 bits per heavy atom. The quantitative estimate of drug-likeness (QED) is 0.733. The summed E-state index contributed by atoms with van der Waals surface area (Å²) in [7, 11) is 0. The second-order valence-electron chi connectivity index (χ2n) is 2.27. The van der Waals surface area contributed by atoms with Crippen LogP contribution >= 0.6 is 0 Å². The number of rotatable bonds is 2. The van der Waals surface area contributed by atoms with E-state index in [1.54, 1.807) is 0 Å². The number of nitrogens with zero attached hydrogens (tertiary/aromatic N) is 1. The highest BCUT2D eigenvalue weighted by Gasteiger charge is 2.18. The lowest BCUT2D eigenvalue weighted by atomic mass is 10.2. The number of carbonyl (C=O) groups is 1. The lowest BCUT2D eigenvalue weighted by Gasteiger charge is -2.05. The normalized spacial score (nSPS) is 10.4. The van der Waals surface area contributed by atoms with Crippen LogP contribution in [0.5, 0.6) is 0 Å². The minimum absolute atomic E-state index is 0.481. The summed E-state index contributed by atoms with van der Waals surface area (Å²) >= 11 is 0. The molecule has 0 aliphatic rings. The average molecular weight is 188 g/mol. The van der Waals surface area contributed by atoms with Gasteiger partial charge in [-0.2, -0.15) is 0 Å². The maximum Gasteiger partial charge on any atom is 0.356 e. The molecule has 13 heavy (non-hydrogen) atoms. The third-order valence-corrected chi connectivity index (χ3v) is 1.46. The lowest BCUT2D eigenvalue weighted by Crippen LogP contribution is -2.08. The van der Waals surface area contributed by atoms with Crippen molar-refractivity contribution < 1.29 is 18.7 Å². The van der Waals surface area contributed by atoms with Crippen LogP contribution in [0, 0.1) is 0 Å². The molecule has 3 N–H and O–H groups in total. The smallest absolute Gasteiger partial charge is 0.356 e. The monoisotopic (exact) mass is 188 g/mol. The van der Waals surface area contributed by atoms with Crippen molar-refractivity contribution in [3.8, 4) is 0 Å². The van der Waals surface area contributed by atoms with Gasteiger partial charge in [0.2, 0.25) is 0 Å². The van der Waals surface area contributed by atoms with Crippen LogP contribution in [0.25, 0.3) is 0 Å². The number of aromatic carboxylic acids is 1. The Labute approximate surface area is 72.0 Å². The molecular formula is C7H6F2N2O2. The first-order chi connectivity index (χ1) is 6.04. The number of halogens is 2. The maximum absolute atomic E-state index is 12.2. The Bertz CT molecular complexity index is 341. The van der Waals surface area contributed by atoms with Crippen molar-refractivity contribution in [3.05, 3.63) is 23.5 Å². The van der Waals surface area contributed by atoms with Gasteiger partial charge in [-0.05, 0) is 6.07 Å². The molecule has 0 aliphatic carbocycles. The molecule has 0 amide bonds. The van der Waals surface area contributed by atoms with E-state index in [4.69, 9.17) is 10.8 Å². The average Bonchev–Trinajstić information content (AvgIpc) is 2.03. The summed E-state index contributed by atoms with van der Waals surface area (Å²) in [5.41, 5.74) is 3.63. The molecule has 0 atom stereocenters. The summed E-state index contributed by atoms with van der Waals surface area (Å²) in [5, 5.41) is 8.48. The van der Waals surface area contributed by atoms with Gasteiger partial charge in [-0.25, -0.2) is 18.6 Å². The topological polar surface area (TPSA) is 76.2 Å². The lowest BCUT2D eigenvalue weighted by molar-refractivity contribution is 0.0691. The van der Waals surface area contributed by atoms with Gasteiger partial charge in [0.1, 0.15) is 0 Å². The van der Waals surface area contributed by atoms with Crippen molar-refractivity contribution in [3.63, 3.8) is 0 Å². The zero-order valence-electron chi connectivity index (χ0n) is 6.37. The van der Waals surface area contributed by atoms with Crippen LogP contribution in [0.3, 0.4) is 0 Å². The number of carboxylic acid groups (broad SMARTS) is 1. The first-order valence-electron chi connectivity index (χ1n) is 3.30. The molecule has 0 saturated carbocycles. The molecule has 0 aromatic carbocycles. The number of carboxylic acids is 1. The largest absolute Gasteiger partial charge is 0.476 e. The Hall–Kier alpha value is -1.72. The van der Waals surface area contributed by atoms with Crippen molar-refractivity contribution >= 4 is 11.7 Å². The van der Waals surface area contributed by atoms with Crippen LogP contribution in [0.1, 0.15) is 22.5 Å². The number of hydrogen-bond acceptors (Lipinski definition) is 3. The fourth-order valence-corrected chi connectivity index (χ4v) is 0.849. The molecule has 4 nitrogen and oxygen atoms in total. The van der Waals surface area contributed by atoms with Gasteiger partial charge in [-0.15, -0.1) is 0 Å². The number of aromatic nitrogens is 1. The Morgan fingerprint density at radius 1 is 1.62 bits per heavy atom. The second-order valence-corrected chi connectivity index (χ2v) is 2.27. The molecule has 1 rings (SSSR count). The van der Waals surface area contributed by atoms with Crippen LogP contribution in [0.15, 0.2) is 12.3 Å². The van der Waals surface area contributed by atoms with Crippen molar-refractivity contribution in [1.82, 2.24) is 4.98 Å². The summed E-state index contributed by atoms with van der Waals surface area (Å²) in [5.74, 6) is -1.42. The predicted molar refractivity (Wildman–Crippen MR) is 40.6 cm³/mol. The van der Waals surface area contributed by atoms with Gasteiger partial charge in [0.05, 0.1) is 5.69 Å². The second kappa shape index (κ2) is 3.34. The van der Waals surface area contributed by atoms with Crippen LogP contribution in [0.2, 0.25) is 0 Å². The van der Waals surface area contributed by atoms with Gasteiger partial charge in [-0.3, -0.25) is 0 Å². The Morgan fingerprint density at radius 2 is 2.23 bits per heavy atom. The molecule has 6 heteroatoms. The van der Waals surface area contributed by atoms with E-state index in [1.165, 1.54) is 0 Å². The van der Waals surface area contributed by atoms with Crippen molar-refractivity contribution in [2.45, 2.75) is 6.43 Å². The number of alkyl halides is 2. The molecule has 0 unspecified atom stereocenters. The number of nitrogen functional groups attached to an aromatic ring is 1. The molecule has 0 bridgehead atoms. The first-order valence-corrected chi connectivity index (χ1v) is 3.30. The third kappa shape index (κ3) is 1.71. The fourth-order valence-electron chi connectivity index (χ4n) is 0.849. The molecule has 0 fully saturated rings. The van der Waals surface area contributed by atoms with E-state index in [0.29, 0.717) is 0 Å². The maximum atomic E-state index is 12.2. The van der Waals surface area contributed by atoms with Crippen molar-refractivity contribution in [1.29, 1.82) is 0 Å². The van der Waals surface area contributed by atoms with Gasteiger partial charge in [0, 0.05) is 11.8 Å². The number of hydrogen-bond donors (Lipinski definition) is 2. The third-order valence-electron chi connectivity index (χ3n) is 1.46. The Balaban J connectivity index is 3.26. The van der Waals surface area contributed by atoms with E-state index in [9.17, 15) is 13.6 Å². The summed E-state index contributed by atoms with van der Waals surface area (Å²) in [6.07, 6.45) is -1.80. The van der Waals surface area contributed by atoms with Crippen molar-refractivity contribution in [2.24, 2.45) is 0 Å². The highest BCUT2D eigenvalue weighted by molar-refractivity contribution is 5.92. The fraction of sp³-hybridized carbons (Fsp3) is 0.143. The highest BCUT2D eigenvalue weighted by atomic mass is 19.3. The minimum Gasteiger partial charge on any atom is -0.476 e. The first kappa shape index (κ1) is 9.37. The molecule has 0 spiro atoms. The van der Waals surface area contributed by atoms with Crippen LogP contribution in [-0.4, -0.2) is 16.1 Å². The number of anilines is 1. The number of nitrogens with two attached hydrogens (primary N) is 1. The van der Waals surface area contributed by atoms with E-state index >= 15 is 0 Å². The van der Waals surface area contributed by atoms with Crippen molar-refractivity contribution in [2.75, 3.05) is 5.73 Å². The number of pyridine rings is 1. The summed E-state index contributed by atoms with van der Waals surface area (Å²) in [4.78, 5) is 13.8. The van der Waals surface area contributed by atoms with Gasteiger partial charge >= 0.3 is 5.97 Å². The van der Waals surface area contributed by atoms with E-state index < -0.39 is 29.3 Å². The van der Waals surface area contributed by atoms with Gasteiger partial charge in [-0.1, -0.05) is 0 Å². The molecule has 70 valence electrons.